The smallest absolute Gasteiger partial charge is 0.408 e. The van der Waals surface area contributed by atoms with Crippen molar-refractivity contribution >= 4 is 44.6 Å². The van der Waals surface area contributed by atoms with Gasteiger partial charge in [-0.1, -0.05) is 26.0 Å². The summed E-state index contributed by atoms with van der Waals surface area (Å²) in [6, 6.07) is 10.0. The van der Waals surface area contributed by atoms with Crippen LogP contribution in [0.5, 0.6) is 23.1 Å². The zero-order chi connectivity index (χ0) is 47.3. The highest BCUT2D eigenvalue weighted by Crippen LogP contribution is 2.46. The average molecular weight is 938 g/mol. The van der Waals surface area contributed by atoms with Gasteiger partial charge in [-0.2, -0.15) is 0 Å². The van der Waals surface area contributed by atoms with Gasteiger partial charge in [-0.15, -0.1) is 0 Å². The summed E-state index contributed by atoms with van der Waals surface area (Å²) in [5.74, 6) is -4.98. The monoisotopic (exact) mass is 937 g/mol. The number of hydrogen-bond donors (Lipinski definition) is 3. The Morgan fingerprint density at radius 2 is 1.73 bits per heavy atom. The molecule has 8 rings (SSSR count). The van der Waals surface area contributed by atoms with E-state index in [0.717, 1.165) is 13.8 Å². The van der Waals surface area contributed by atoms with E-state index < -0.39 is 86.2 Å². The number of halogens is 2. The SMILES string of the molecule is COc1ccc2c(OC3C[C@H]4C(=O)N[C@]5(C(=O)NS(=O)(=O)C6CC6)CC5/C=C\CC[C@@H](C)C[C@@H](C)[C@H](NC(=O)OC(C)(C)C(C)(F)F)C(=O)N4C3)nc(-c3ccc4c(c3)OCCO4)cc2c1. The van der Waals surface area contributed by atoms with Crippen molar-refractivity contribution in [2.75, 3.05) is 26.9 Å². The van der Waals surface area contributed by atoms with Gasteiger partial charge in [0.2, 0.25) is 27.7 Å². The first-order valence-corrected chi connectivity index (χ1v) is 24.0. The highest BCUT2D eigenvalue weighted by Gasteiger charge is 2.62. The first-order chi connectivity index (χ1) is 31.2. The second kappa shape index (κ2) is 17.8. The highest BCUT2D eigenvalue weighted by atomic mass is 32.2. The molecule has 356 valence electrons. The lowest BCUT2D eigenvalue weighted by Crippen LogP contribution is -2.59. The number of methoxy groups -OCH3 is 1. The van der Waals surface area contributed by atoms with E-state index >= 15 is 4.79 Å². The lowest BCUT2D eigenvalue weighted by Gasteiger charge is -2.35. The van der Waals surface area contributed by atoms with Crippen LogP contribution in [0.25, 0.3) is 22.0 Å². The molecular formula is C47H57F2N5O11S. The molecular weight excluding hydrogens is 881 g/mol. The molecule has 1 aromatic heterocycles. The number of carbonyl (C=O) groups is 4. The number of carbonyl (C=O) groups excluding carboxylic acids is 4. The van der Waals surface area contributed by atoms with Crippen molar-refractivity contribution in [3.05, 3.63) is 54.6 Å². The summed E-state index contributed by atoms with van der Waals surface area (Å²) in [5, 5.41) is 6.03. The van der Waals surface area contributed by atoms with Gasteiger partial charge in [-0.25, -0.2) is 27.0 Å². The van der Waals surface area contributed by atoms with Gasteiger partial charge < -0.3 is 39.2 Å². The van der Waals surface area contributed by atoms with Crippen molar-refractivity contribution in [3.63, 3.8) is 0 Å². The molecule has 19 heteroatoms. The number of sulfonamides is 1. The van der Waals surface area contributed by atoms with Crippen LogP contribution in [0.3, 0.4) is 0 Å². The molecule has 7 atom stereocenters. The third-order valence-corrected chi connectivity index (χ3v) is 15.2. The van der Waals surface area contributed by atoms with Crippen molar-refractivity contribution in [1.29, 1.82) is 0 Å². The van der Waals surface area contributed by atoms with Crippen molar-refractivity contribution in [3.8, 4) is 34.4 Å². The van der Waals surface area contributed by atoms with Crippen LogP contribution in [0.15, 0.2) is 54.6 Å². The Balaban J connectivity index is 1.16. The predicted octanol–water partition coefficient (Wildman–Crippen LogP) is 6.05. The summed E-state index contributed by atoms with van der Waals surface area (Å²) in [4.78, 5) is 63.5. The minimum atomic E-state index is -3.99. The summed E-state index contributed by atoms with van der Waals surface area (Å²) in [6.07, 6.45) is 4.05. The number of benzene rings is 2. The van der Waals surface area contributed by atoms with E-state index in [2.05, 4.69) is 15.4 Å². The molecule has 4 heterocycles. The minimum Gasteiger partial charge on any atom is -0.497 e. The molecule has 2 unspecified atom stereocenters. The van der Waals surface area contributed by atoms with Crippen molar-refractivity contribution in [2.24, 2.45) is 17.8 Å². The number of alkyl carbamates (subject to hydrolysis) is 1. The van der Waals surface area contributed by atoms with Crippen molar-refractivity contribution in [1.82, 2.24) is 25.2 Å². The number of nitrogens with one attached hydrogen (secondary N) is 3. The van der Waals surface area contributed by atoms with E-state index in [4.69, 9.17) is 28.7 Å². The number of ether oxygens (including phenoxy) is 5. The molecule has 4 amide bonds. The molecule has 3 fully saturated rings. The highest BCUT2D eigenvalue weighted by molar-refractivity contribution is 7.91. The number of fused-ring (bicyclic) bond motifs is 4. The fourth-order valence-corrected chi connectivity index (χ4v) is 10.3. The second-order valence-corrected chi connectivity index (χ2v) is 20.9. The van der Waals surface area contributed by atoms with Gasteiger partial charge in [-0.05, 0) is 112 Å². The van der Waals surface area contributed by atoms with Gasteiger partial charge >= 0.3 is 6.09 Å². The number of amides is 4. The quantitative estimate of drug-likeness (QED) is 0.199. The average Bonchev–Trinajstić information content (AvgIpc) is 4.19. The molecule has 66 heavy (non-hydrogen) atoms. The number of alkyl halides is 2. The first kappa shape index (κ1) is 46.8. The maximum absolute atomic E-state index is 15.1. The van der Waals surface area contributed by atoms with Crippen LogP contribution in [0, 0.1) is 17.8 Å². The Kier molecular flexibility index (Phi) is 12.6. The van der Waals surface area contributed by atoms with Crippen LogP contribution < -0.4 is 34.3 Å². The first-order valence-electron chi connectivity index (χ1n) is 22.5. The van der Waals surface area contributed by atoms with Crippen molar-refractivity contribution in [2.45, 2.75) is 120 Å². The third-order valence-electron chi connectivity index (χ3n) is 13.4. The predicted molar refractivity (Wildman–Crippen MR) is 238 cm³/mol. The lowest BCUT2D eigenvalue weighted by atomic mass is 9.88. The zero-order valence-electron chi connectivity index (χ0n) is 37.9. The lowest BCUT2D eigenvalue weighted by molar-refractivity contribution is -0.152. The summed E-state index contributed by atoms with van der Waals surface area (Å²) < 4.78 is 86.4. The number of nitrogens with zero attached hydrogens (tertiary/aromatic N) is 2. The zero-order valence-corrected chi connectivity index (χ0v) is 38.7. The van der Waals surface area contributed by atoms with Gasteiger partial charge in [-0.3, -0.25) is 19.1 Å². The molecule has 0 radical (unpaired) electrons. The van der Waals surface area contributed by atoms with Crippen molar-refractivity contribution < 1.29 is 60.1 Å². The summed E-state index contributed by atoms with van der Waals surface area (Å²) in [6.45, 7) is 7.10. The van der Waals surface area contributed by atoms with E-state index in [0.29, 0.717) is 91.5 Å². The Labute approximate surface area is 382 Å². The molecule has 2 aliphatic carbocycles. The standard InChI is InChI=1S/C47H57F2N5O11S/c1-26-9-7-8-10-30-24-47(30,43(57)53-66(59,60)33-13-14-33)52-40(55)36-23-32(25-54(36)42(56)39(27(2)19-26)51-44(58)65-45(3,4)46(5,48)49)64-41-34-15-12-31(61-6)20-29(34)21-35(50-41)28-11-16-37-38(22-28)63-18-17-62-37/h8,10-12,15-16,20-22,26-27,30,32-33,36,39H,7,9,13-14,17-19,23-25H2,1-6H3,(H,51,58)(H,52,55)(H,53,57)/b10-8-/t26-,27-,30?,32?,36+,39+,47-/m1/s1. The number of hydrogen-bond acceptors (Lipinski definition) is 12. The van der Waals surface area contributed by atoms with E-state index in [-0.39, 0.29) is 31.2 Å². The van der Waals surface area contributed by atoms with Gasteiger partial charge in [0, 0.05) is 30.2 Å². The Morgan fingerprint density at radius 1 is 0.985 bits per heavy atom. The molecule has 0 bridgehead atoms. The minimum absolute atomic E-state index is 0.0000621. The fourth-order valence-electron chi connectivity index (χ4n) is 8.90. The molecule has 2 aromatic carbocycles. The molecule has 3 N–H and O–H groups in total. The van der Waals surface area contributed by atoms with Gasteiger partial charge in [0.25, 0.3) is 11.8 Å². The molecule has 2 saturated carbocycles. The summed E-state index contributed by atoms with van der Waals surface area (Å²) in [5.41, 5.74) is -2.67. The number of allylic oxidation sites excluding steroid dienone is 1. The molecule has 0 spiro atoms. The Bertz CT molecular complexity index is 2550. The molecule has 3 aliphatic heterocycles. The van der Waals surface area contributed by atoms with Crippen LogP contribution in [0.4, 0.5) is 13.6 Å². The van der Waals surface area contributed by atoms with E-state index in [1.165, 1.54) is 4.90 Å². The maximum Gasteiger partial charge on any atom is 0.408 e. The molecule has 3 aromatic rings. The third kappa shape index (κ3) is 9.72. The summed E-state index contributed by atoms with van der Waals surface area (Å²) in [7, 11) is -2.44. The second-order valence-electron chi connectivity index (χ2n) is 18.9. The summed E-state index contributed by atoms with van der Waals surface area (Å²) >= 11 is 0. The van der Waals surface area contributed by atoms with Crippen LogP contribution in [-0.4, -0.2) is 109 Å². The Hall–Kier alpha value is -5.72. The van der Waals surface area contributed by atoms with Gasteiger partial charge in [0.15, 0.2) is 17.1 Å². The van der Waals surface area contributed by atoms with E-state index in [1.54, 1.807) is 32.2 Å². The maximum atomic E-state index is 15.1. The number of aromatic nitrogens is 1. The van der Waals surface area contributed by atoms with Crippen LogP contribution in [0.1, 0.15) is 79.6 Å². The molecule has 1 saturated heterocycles. The van der Waals surface area contributed by atoms with E-state index in [1.807, 2.05) is 43.3 Å². The van der Waals surface area contributed by atoms with Crippen LogP contribution >= 0.6 is 0 Å². The topological polar surface area (TPSA) is 201 Å². The van der Waals surface area contributed by atoms with E-state index in [9.17, 15) is 31.6 Å². The van der Waals surface area contributed by atoms with Crippen LogP contribution in [-0.2, 0) is 29.1 Å². The molecule has 16 nitrogen and oxygen atoms in total. The van der Waals surface area contributed by atoms with Gasteiger partial charge in [0.1, 0.15) is 42.7 Å². The largest absolute Gasteiger partial charge is 0.497 e. The van der Waals surface area contributed by atoms with Gasteiger partial charge in [0.05, 0.1) is 24.6 Å². The number of pyridine rings is 1. The van der Waals surface area contributed by atoms with Crippen LogP contribution in [0.2, 0.25) is 0 Å². The fraction of sp³-hybridized carbons (Fsp3) is 0.553. The normalized spacial score (nSPS) is 27.5. The molecule has 5 aliphatic rings. The number of rotatable bonds is 10. The Morgan fingerprint density at radius 3 is 2.44 bits per heavy atom.